The smallest absolute Gasteiger partial charge is 0.335 e. The molecule has 0 spiro atoms. The molecule has 0 radical (unpaired) electrons. The first-order valence-corrected chi connectivity index (χ1v) is 6.24. The number of carboxylic acid groups (broad SMARTS) is 1. The molecule has 0 atom stereocenters. The van der Waals surface area contributed by atoms with Crippen LogP contribution in [0.25, 0.3) is 0 Å². The molecule has 0 aliphatic heterocycles. The molecule has 0 fully saturated rings. The van der Waals surface area contributed by atoms with E-state index in [1.807, 2.05) is 49.2 Å². The van der Waals surface area contributed by atoms with Crippen LogP contribution < -0.4 is 9.64 Å². The van der Waals surface area contributed by atoms with Crippen LogP contribution in [0.2, 0.25) is 0 Å². The second kappa shape index (κ2) is 5.65. The number of anilines is 2. The van der Waals surface area contributed by atoms with Gasteiger partial charge in [0.25, 0.3) is 0 Å². The zero-order valence-electron chi connectivity index (χ0n) is 11.8. The summed E-state index contributed by atoms with van der Waals surface area (Å²) in [6.45, 7) is 1.90. The molecular weight excluding hydrogens is 254 g/mol. The van der Waals surface area contributed by atoms with E-state index < -0.39 is 5.97 Å². The third-order valence-corrected chi connectivity index (χ3v) is 3.25. The summed E-state index contributed by atoms with van der Waals surface area (Å²) in [6.07, 6.45) is 0. The summed E-state index contributed by atoms with van der Waals surface area (Å²) in [5.41, 5.74) is 3.15. The van der Waals surface area contributed by atoms with Crippen molar-refractivity contribution in [2.45, 2.75) is 6.92 Å². The predicted octanol–water partition coefficient (Wildman–Crippen LogP) is 3.47. The Labute approximate surface area is 118 Å². The van der Waals surface area contributed by atoms with Gasteiger partial charge in [0, 0.05) is 24.5 Å². The average Bonchev–Trinajstić information content (AvgIpc) is 2.46. The van der Waals surface area contributed by atoms with Crippen LogP contribution in [0.15, 0.2) is 42.5 Å². The van der Waals surface area contributed by atoms with E-state index in [1.54, 1.807) is 19.2 Å². The minimum Gasteiger partial charge on any atom is -0.497 e. The molecule has 4 nitrogen and oxygen atoms in total. The molecule has 0 unspecified atom stereocenters. The minimum absolute atomic E-state index is 0.297. The van der Waals surface area contributed by atoms with Crippen molar-refractivity contribution in [3.05, 3.63) is 53.6 Å². The Morgan fingerprint density at radius 3 is 2.55 bits per heavy atom. The molecule has 0 aliphatic rings. The third kappa shape index (κ3) is 2.74. The van der Waals surface area contributed by atoms with E-state index in [2.05, 4.69) is 0 Å². The summed E-state index contributed by atoms with van der Waals surface area (Å²) in [7, 11) is 3.57. The van der Waals surface area contributed by atoms with Crippen LogP contribution in [0.5, 0.6) is 5.75 Å². The molecule has 0 saturated carbocycles. The number of benzene rings is 2. The number of hydrogen-bond donors (Lipinski definition) is 1. The Bertz CT molecular complexity index is 637. The van der Waals surface area contributed by atoms with Gasteiger partial charge in [0.2, 0.25) is 0 Å². The predicted molar refractivity (Wildman–Crippen MR) is 79.2 cm³/mol. The second-order valence-electron chi connectivity index (χ2n) is 4.57. The molecule has 0 aliphatic carbocycles. The quantitative estimate of drug-likeness (QED) is 0.925. The maximum Gasteiger partial charge on any atom is 0.335 e. The number of rotatable bonds is 4. The number of carbonyl (C=O) groups is 1. The molecule has 0 aromatic heterocycles. The van der Waals surface area contributed by atoms with Crippen molar-refractivity contribution < 1.29 is 14.6 Å². The number of ether oxygens (including phenoxy) is 1. The number of carboxylic acids is 1. The first-order valence-electron chi connectivity index (χ1n) is 6.24. The second-order valence-corrected chi connectivity index (χ2v) is 4.57. The van der Waals surface area contributed by atoms with Crippen LogP contribution >= 0.6 is 0 Å². The van der Waals surface area contributed by atoms with Crippen molar-refractivity contribution in [1.82, 2.24) is 0 Å². The Morgan fingerprint density at radius 1 is 1.20 bits per heavy atom. The molecule has 104 valence electrons. The van der Waals surface area contributed by atoms with E-state index in [0.717, 1.165) is 22.7 Å². The van der Waals surface area contributed by atoms with Crippen molar-refractivity contribution in [2.75, 3.05) is 19.1 Å². The standard InChI is InChI=1S/C16H17NO3/c1-11-9-12(16(18)19)7-8-15(11)17(2)13-5-4-6-14(10-13)20-3/h4-10H,1-3H3,(H,18,19). The highest BCUT2D eigenvalue weighted by Gasteiger charge is 2.10. The lowest BCUT2D eigenvalue weighted by atomic mass is 10.1. The van der Waals surface area contributed by atoms with Gasteiger partial charge in [-0.1, -0.05) is 6.07 Å². The molecule has 2 aromatic carbocycles. The molecule has 0 bridgehead atoms. The molecule has 0 saturated heterocycles. The number of aryl methyl sites for hydroxylation is 1. The zero-order chi connectivity index (χ0) is 14.7. The van der Waals surface area contributed by atoms with E-state index in [1.165, 1.54) is 0 Å². The van der Waals surface area contributed by atoms with Crippen molar-refractivity contribution in [2.24, 2.45) is 0 Å². The number of methoxy groups -OCH3 is 1. The van der Waals surface area contributed by atoms with Crippen molar-refractivity contribution >= 4 is 17.3 Å². The Balaban J connectivity index is 2.37. The topological polar surface area (TPSA) is 49.8 Å². The Kier molecular flexibility index (Phi) is 3.94. The Hall–Kier alpha value is -2.49. The highest BCUT2D eigenvalue weighted by atomic mass is 16.5. The van der Waals surface area contributed by atoms with E-state index in [-0.39, 0.29) is 0 Å². The van der Waals surface area contributed by atoms with Crippen LogP contribution in [0.1, 0.15) is 15.9 Å². The third-order valence-electron chi connectivity index (χ3n) is 3.25. The van der Waals surface area contributed by atoms with Crippen molar-refractivity contribution in [3.63, 3.8) is 0 Å². The van der Waals surface area contributed by atoms with E-state index in [0.29, 0.717) is 5.56 Å². The molecule has 0 heterocycles. The molecule has 0 amide bonds. The monoisotopic (exact) mass is 271 g/mol. The first-order chi connectivity index (χ1) is 9.52. The number of nitrogens with zero attached hydrogens (tertiary/aromatic N) is 1. The van der Waals surface area contributed by atoms with Crippen molar-refractivity contribution in [3.8, 4) is 5.75 Å². The summed E-state index contributed by atoms with van der Waals surface area (Å²) in [5.74, 6) is -0.127. The molecule has 4 heteroatoms. The summed E-state index contributed by atoms with van der Waals surface area (Å²) < 4.78 is 5.22. The van der Waals surface area contributed by atoms with Crippen LogP contribution in [0.3, 0.4) is 0 Å². The SMILES string of the molecule is COc1cccc(N(C)c2ccc(C(=O)O)cc2C)c1. The van der Waals surface area contributed by atoms with E-state index >= 15 is 0 Å². The van der Waals surface area contributed by atoms with Gasteiger partial charge < -0.3 is 14.7 Å². The molecule has 20 heavy (non-hydrogen) atoms. The van der Waals surface area contributed by atoms with Gasteiger partial charge in [0.15, 0.2) is 0 Å². The highest BCUT2D eigenvalue weighted by molar-refractivity contribution is 5.88. The molecular formula is C16H17NO3. The molecule has 2 rings (SSSR count). The van der Waals surface area contributed by atoms with Crippen LogP contribution in [-0.4, -0.2) is 25.2 Å². The maximum absolute atomic E-state index is 11.0. The van der Waals surface area contributed by atoms with Crippen LogP contribution in [0.4, 0.5) is 11.4 Å². The normalized spacial score (nSPS) is 10.2. The van der Waals surface area contributed by atoms with Gasteiger partial charge in [-0.2, -0.15) is 0 Å². The van der Waals surface area contributed by atoms with Gasteiger partial charge in [-0.05, 0) is 42.8 Å². The van der Waals surface area contributed by atoms with Gasteiger partial charge >= 0.3 is 5.97 Å². The molecule has 1 N–H and O–H groups in total. The lowest BCUT2D eigenvalue weighted by Crippen LogP contribution is -2.11. The minimum atomic E-state index is -0.913. The number of hydrogen-bond acceptors (Lipinski definition) is 3. The van der Waals surface area contributed by atoms with Gasteiger partial charge in [-0.25, -0.2) is 4.79 Å². The maximum atomic E-state index is 11.0. The van der Waals surface area contributed by atoms with Gasteiger partial charge in [-0.3, -0.25) is 0 Å². The molecule has 2 aromatic rings. The van der Waals surface area contributed by atoms with Crippen LogP contribution in [0, 0.1) is 6.92 Å². The van der Waals surface area contributed by atoms with Gasteiger partial charge in [0.05, 0.1) is 12.7 Å². The lowest BCUT2D eigenvalue weighted by molar-refractivity contribution is 0.0697. The van der Waals surface area contributed by atoms with Gasteiger partial charge in [0.1, 0.15) is 5.75 Å². The fourth-order valence-corrected chi connectivity index (χ4v) is 2.12. The Morgan fingerprint density at radius 2 is 1.95 bits per heavy atom. The average molecular weight is 271 g/mol. The summed E-state index contributed by atoms with van der Waals surface area (Å²) >= 11 is 0. The summed E-state index contributed by atoms with van der Waals surface area (Å²) in [5, 5.41) is 8.99. The summed E-state index contributed by atoms with van der Waals surface area (Å²) in [6, 6.07) is 12.8. The van der Waals surface area contributed by atoms with Crippen molar-refractivity contribution in [1.29, 1.82) is 0 Å². The lowest BCUT2D eigenvalue weighted by Gasteiger charge is -2.22. The first kappa shape index (κ1) is 13.9. The fourth-order valence-electron chi connectivity index (χ4n) is 2.12. The number of aromatic carboxylic acids is 1. The fraction of sp³-hybridized carbons (Fsp3) is 0.188. The largest absolute Gasteiger partial charge is 0.497 e. The van der Waals surface area contributed by atoms with Crippen LogP contribution in [-0.2, 0) is 0 Å². The highest BCUT2D eigenvalue weighted by Crippen LogP contribution is 2.29. The van der Waals surface area contributed by atoms with E-state index in [9.17, 15) is 4.79 Å². The zero-order valence-corrected chi connectivity index (χ0v) is 11.8. The van der Waals surface area contributed by atoms with E-state index in [4.69, 9.17) is 9.84 Å². The summed E-state index contributed by atoms with van der Waals surface area (Å²) in [4.78, 5) is 13.0. The van der Waals surface area contributed by atoms with Gasteiger partial charge in [-0.15, -0.1) is 0 Å².